The van der Waals surface area contributed by atoms with E-state index < -0.39 is 0 Å². The van der Waals surface area contributed by atoms with Crippen LogP contribution in [0.25, 0.3) is 0 Å². The van der Waals surface area contributed by atoms with E-state index in [1.807, 2.05) is 11.8 Å². The molecule has 3 aliphatic heterocycles. The standard InChI is InChI=1S/C13H22N2O2S/c16-12-7-11(9-14-12)15-10-1-4-17-13(8-10)2-5-18-6-3-13/h10-11,15H,1-9H2,(H,14,16). The normalized spacial score (nSPS) is 35.7. The Morgan fingerprint density at radius 3 is 2.89 bits per heavy atom. The summed E-state index contributed by atoms with van der Waals surface area (Å²) in [6, 6.07) is 0.857. The van der Waals surface area contributed by atoms with Crippen molar-refractivity contribution in [1.29, 1.82) is 0 Å². The van der Waals surface area contributed by atoms with E-state index in [9.17, 15) is 4.79 Å². The molecule has 0 saturated carbocycles. The van der Waals surface area contributed by atoms with E-state index in [-0.39, 0.29) is 11.5 Å². The molecule has 5 heteroatoms. The quantitative estimate of drug-likeness (QED) is 0.783. The molecule has 2 unspecified atom stereocenters. The Balaban J connectivity index is 1.55. The molecule has 0 radical (unpaired) electrons. The fourth-order valence-corrected chi connectivity index (χ4v) is 4.56. The molecule has 4 nitrogen and oxygen atoms in total. The molecule has 0 aromatic rings. The molecule has 0 bridgehead atoms. The first kappa shape index (κ1) is 12.8. The van der Waals surface area contributed by atoms with E-state index in [1.165, 1.54) is 24.3 Å². The Labute approximate surface area is 113 Å². The van der Waals surface area contributed by atoms with Gasteiger partial charge in [0.1, 0.15) is 0 Å². The Hall–Kier alpha value is -0.260. The van der Waals surface area contributed by atoms with Gasteiger partial charge in [0.05, 0.1) is 5.60 Å². The summed E-state index contributed by atoms with van der Waals surface area (Å²) in [6.45, 7) is 1.66. The van der Waals surface area contributed by atoms with Gasteiger partial charge < -0.3 is 15.4 Å². The molecule has 102 valence electrons. The maximum atomic E-state index is 11.2. The van der Waals surface area contributed by atoms with E-state index in [4.69, 9.17) is 4.74 Å². The molecule has 3 saturated heterocycles. The van der Waals surface area contributed by atoms with Gasteiger partial charge >= 0.3 is 0 Å². The van der Waals surface area contributed by atoms with E-state index in [0.717, 1.165) is 26.0 Å². The molecule has 3 fully saturated rings. The first-order chi connectivity index (χ1) is 8.76. The van der Waals surface area contributed by atoms with Crippen molar-refractivity contribution in [2.45, 2.75) is 49.8 Å². The molecule has 3 rings (SSSR count). The fraction of sp³-hybridized carbons (Fsp3) is 0.923. The van der Waals surface area contributed by atoms with Gasteiger partial charge in [0.15, 0.2) is 0 Å². The monoisotopic (exact) mass is 270 g/mol. The van der Waals surface area contributed by atoms with Gasteiger partial charge in [-0.05, 0) is 37.2 Å². The highest BCUT2D eigenvalue weighted by Gasteiger charge is 2.39. The molecule has 18 heavy (non-hydrogen) atoms. The number of ether oxygens (including phenoxy) is 1. The van der Waals surface area contributed by atoms with Crippen LogP contribution in [0.2, 0.25) is 0 Å². The summed E-state index contributed by atoms with van der Waals surface area (Å²) in [5.74, 6) is 2.65. The first-order valence-corrected chi connectivity index (χ1v) is 8.16. The lowest BCUT2D eigenvalue weighted by molar-refractivity contribution is -0.119. The summed E-state index contributed by atoms with van der Waals surface area (Å²) in [6.07, 6.45) is 5.23. The third-order valence-corrected chi connectivity index (χ3v) is 5.33. The smallest absolute Gasteiger partial charge is 0.221 e. The molecule has 0 aromatic heterocycles. The van der Waals surface area contributed by atoms with Gasteiger partial charge in [-0.3, -0.25) is 4.79 Å². The van der Waals surface area contributed by atoms with Crippen molar-refractivity contribution in [3.8, 4) is 0 Å². The van der Waals surface area contributed by atoms with Crippen LogP contribution >= 0.6 is 11.8 Å². The highest BCUT2D eigenvalue weighted by Crippen LogP contribution is 2.37. The fourth-order valence-electron chi connectivity index (χ4n) is 3.32. The second-order valence-electron chi connectivity index (χ2n) is 5.71. The summed E-state index contributed by atoms with van der Waals surface area (Å²) in [5.41, 5.74) is 0.136. The minimum absolute atomic E-state index is 0.136. The predicted molar refractivity (Wildman–Crippen MR) is 72.8 cm³/mol. The summed E-state index contributed by atoms with van der Waals surface area (Å²) >= 11 is 2.04. The van der Waals surface area contributed by atoms with E-state index in [1.54, 1.807) is 0 Å². The van der Waals surface area contributed by atoms with Gasteiger partial charge in [0.2, 0.25) is 5.91 Å². The van der Waals surface area contributed by atoms with Crippen molar-refractivity contribution < 1.29 is 9.53 Å². The van der Waals surface area contributed by atoms with Crippen LogP contribution in [0.4, 0.5) is 0 Å². The van der Waals surface area contributed by atoms with Crippen LogP contribution in [0.1, 0.15) is 32.1 Å². The molecular weight excluding hydrogens is 248 g/mol. The highest BCUT2D eigenvalue weighted by atomic mass is 32.2. The van der Waals surface area contributed by atoms with Crippen molar-refractivity contribution in [3.63, 3.8) is 0 Å². The summed E-state index contributed by atoms with van der Waals surface area (Å²) < 4.78 is 6.09. The van der Waals surface area contributed by atoms with Crippen molar-refractivity contribution in [2.24, 2.45) is 0 Å². The maximum Gasteiger partial charge on any atom is 0.221 e. The number of nitrogens with one attached hydrogen (secondary N) is 2. The molecule has 3 aliphatic rings. The van der Waals surface area contributed by atoms with Gasteiger partial charge in [-0.1, -0.05) is 0 Å². The Kier molecular flexibility index (Phi) is 3.82. The summed E-state index contributed by atoms with van der Waals surface area (Å²) in [7, 11) is 0. The summed E-state index contributed by atoms with van der Waals surface area (Å²) in [4.78, 5) is 11.2. The van der Waals surface area contributed by atoms with Crippen LogP contribution in [0.3, 0.4) is 0 Å². The maximum absolute atomic E-state index is 11.2. The average Bonchev–Trinajstić information content (AvgIpc) is 2.76. The minimum Gasteiger partial charge on any atom is -0.375 e. The lowest BCUT2D eigenvalue weighted by Crippen LogP contribution is -2.51. The van der Waals surface area contributed by atoms with E-state index in [0.29, 0.717) is 18.5 Å². The van der Waals surface area contributed by atoms with Gasteiger partial charge in [-0.2, -0.15) is 11.8 Å². The number of rotatable bonds is 2. The Morgan fingerprint density at radius 2 is 2.17 bits per heavy atom. The zero-order valence-electron chi connectivity index (χ0n) is 10.7. The molecule has 1 spiro atoms. The molecule has 2 atom stereocenters. The topological polar surface area (TPSA) is 50.4 Å². The number of hydrogen-bond donors (Lipinski definition) is 2. The van der Waals surface area contributed by atoms with Gasteiger partial charge in [-0.25, -0.2) is 0 Å². The molecule has 2 N–H and O–H groups in total. The number of carbonyl (C=O) groups excluding carboxylic acids is 1. The van der Waals surface area contributed by atoms with Crippen LogP contribution in [0.15, 0.2) is 0 Å². The van der Waals surface area contributed by atoms with Gasteiger partial charge in [0, 0.05) is 31.7 Å². The second kappa shape index (κ2) is 5.39. The average molecular weight is 270 g/mol. The lowest BCUT2D eigenvalue weighted by atomic mass is 9.85. The molecule has 1 amide bonds. The number of amides is 1. The van der Waals surface area contributed by atoms with E-state index in [2.05, 4.69) is 10.6 Å². The van der Waals surface area contributed by atoms with Gasteiger partial charge in [0.25, 0.3) is 0 Å². The summed E-state index contributed by atoms with van der Waals surface area (Å²) in [5, 5.41) is 6.54. The van der Waals surface area contributed by atoms with Crippen LogP contribution in [-0.2, 0) is 9.53 Å². The first-order valence-electron chi connectivity index (χ1n) is 7.00. The van der Waals surface area contributed by atoms with Crippen molar-refractivity contribution >= 4 is 17.7 Å². The largest absolute Gasteiger partial charge is 0.375 e. The molecular formula is C13H22N2O2S. The minimum atomic E-state index is 0.136. The molecule has 0 aliphatic carbocycles. The number of hydrogen-bond acceptors (Lipinski definition) is 4. The number of carbonyl (C=O) groups is 1. The SMILES string of the molecule is O=C1CC(NC2CCOC3(CCSCC3)C2)CN1. The predicted octanol–water partition coefficient (Wildman–Crippen LogP) is 0.909. The van der Waals surface area contributed by atoms with Crippen LogP contribution in [0.5, 0.6) is 0 Å². The van der Waals surface area contributed by atoms with Crippen LogP contribution in [0, 0.1) is 0 Å². The van der Waals surface area contributed by atoms with Crippen LogP contribution in [-0.4, -0.2) is 48.2 Å². The van der Waals surface area contributed by atoms with E-state index >= 15 is 0 Å². The second-order valence-corrected chi connectivity index (χ2v) is 6.93. The Morgan fingerprint density at radius 1 is 1.33 bits per heavy atom. The highest BCUT2D eigenvalue weighted by molar-refractivity contribution is 7.99. The van der Waals surface area contributed by atoms with Crippen molar-refractivity contribution in [2.75, 3.05) is 24.7 Å². The third-order valence-electron chi connectivity index (χ3n) is 4.35. The molecule has 0 aromatic carbocycles. The zero-order chi connectivity index (χ0) is 12.4. The zero-order valence-corrected chi connectivity index (χ0v) is 11.6. The lowest BCUT2D eigenvalue weighted by Gasteiger charge is -2.44. The Bertz CT molecular complexity index is 313. The molecule has 3 heterocycles. The van der Waals surface area contributed by atoms with Crippen LogP contribution < -0.4 is 10.6 Å². The van der Waals surface area contributed by atoms with Gasteiger partial charge in [-0.15, -0.1) is 0 Å². The van der Waals surface area contributed by atoms with Crippen molar-refractivity contribution in [3.05, 3.63) is 0 Å². The van der Waals surface area contributed by atoms with Crippen molar-refractivity contribution in [1.82, 2.24) is 10.6 Å². The number of thioether (sulfide) groups is 1. The third kappa shape index (κ3) is 2.83.